The number of benzene rings is 1. The summed E-state index contributed by atoms with van der Waals surface area (Å²) in [7, 11) is 1.58. The van der Waals surface area contributed by atoms with Crippen LogP contribution in [0.25, 0.3) is 11.4 Å². The molecular weight excluding hydrogens is 298 g/mol. The second-order valence-electron chi connectivity index (χ2n) is 5.11. The minimum absolute atomic E-state index is 0.127. The highest BCUT2D eigenvalue weighted by molar-refractivity contribution is 8.13. The van der Waals surface area contributed by atoms with Gasteiger partial charge < -0.3 is 0 Å². The van der Waals surface area contributed by atoms with Crippen molar-refractivity contribution in [1.29, 1.82) is 0 Å². The lowest BCUT2D eigenvalue weighted by atomic mass is 10.0. The van der Waals surface area contributed by atoms with Gasteiger partial charge in [-0.1, -0.05) is 18.2 Å². The lowest BCUT2D eigenvalue weighted by Crippen LogP contribution is -2.07. The van der Waals surface area contributed by atoms with Crippen LogP contribution in [0, 0.1) is 13.8 Å². The molecule has 1 saturated carbocycles. The van der Waals surface area contributed by atoms with Crippen molar-refractivity contribution in [1.82, 2.24) is 14.8 Å². The van der Waals surface area contributed by atoms with Crippen molar-refractivity contribution in [3.8, 4) is 11.4 Å². The van der Waals surface area contributed by atoms with Gasteiger partial charge in [0.05, 0.1) is 0 Å². The average molecular weight is 312 g/mol. The van der Waals surface area contributed by atoms with Gasteiger partial charge in [-0.2, -0.15) is 0 Å². The maximum atomic E-state index is 11.6. The summed E-state index contributed by atoms with van der Waals surface area (Å²) in [4.78, 5) is 0. The molecule has 5 nitrogen and oxygen atoms in total. The van der Waals surface area contributed by atoms with E-state index in [2.05, 4.69) is 10.2 Å². The summed E-state index contributed by atoms with van der Waals surface area (Å²) in [5, 5.41) is 7.73. The number of nitrogens with zero attached hydrogens (tertiary/aromatic N) is 3. The first-order valence-electron chi connectivity index (χ1n) is 6.35. The molecule has 0 bridgehead atoms. The molecule has 0 radical (unpaired) electrons. The molecule has 0 saturated heterocycles. The molecule has 1 fully saturated rings. The topological polar surface area (TPSA) is 64.8 Å². The molecule has 0 unspecified atom stereocenters. The van der Waals surface area contributed by atoms with Crippen molar-refractivity contribution in [3.05, 3.63) is 29.3 Å². The van der Waals surface area contributed by atoms with E-state index >= 15 is 0 Å². The summed E-state index contributed by atoms with van der Waals surface area (Å²) in [6.07, 6.45) is 1.85. The van der Waals surface area contributed by atoms with Crippen molar-refractivity contribution in [2.75, 3.05) is 0 Å². The molecule has 106 valence electrons. The summed E-state index contributed by atoms with van der Waals surface area (Å²) >= 11 is 0. The SMILES string of the molecule is Cc1cccc(C)c1-c1nnc(S(=O)(=O)Cl)n1C1CC1. The third kappa shape index (κ3) is 2.23. The van der Waals surface area contributed by atoms with Crippen LogP contribution in [0.3, 0.4) is 0 Å². The van der Waals surface area contributed by atoms with E-state index in [0.29, 0.717) is 5.82 Å². The minimum Gasteiger partial charge on any atom is -0.294 e. The Bertz CT molecular complexity index is 759. The summed E-state index contributed by atoms with van der Waals surface area (Å²) in [6, 6.07) is 6.04. The van der Waals surface area contributed by atoms with Crippen LogP contribution in [0.4, 0.5) is 0 Å². The fraction of sp³-hybridized carbons (Fsp3) is 0.385. The maximum Gasteiger partial charge on any atom is 0.296 e. The Hall–Kier alpha value is -1.40. The lowest BCUT2D eigenvalue weighted by Gasteiger charge is -2.11. The Balaban J connectivity index is 2.28. The molecule has 1 aromatic heterocycles. The van der Waals surface area contributed by atoms with Crippen LogP contribution in [0.1, 0.15) is 30.0 Å². The number of aryl methyl sites for hydroxylation is 2. The van der Waals surface area contributed by atoms with Crippen LogP contribution >= 0.6 is 10.7 Å². The minimum atomic E-state index is -3.89. The summed E-state index contributed by atoms with van der Waals surface area (Å²) < 4.78 is 24.9. The van der Waals surface area contributed by atoms with Crippen molar-refractivity contribution in [3.63, 3.8) is 0 Å². The van der Waals surface area contributed by atoms with Crippen LogP contribution in [0.2, 0.25) is 0 Å². The predicted molar refractivity (Wildman–Crippen MR) is 76.2 cm³/mol. The highest BCUT2D eigenvalue weighted by Crippen LogP contribution is 2.41. The molecule has 2 aromatic rings. The first-order valence-corrected chi connectivity index (χ1v) is 8.66. The van der Waals surface area contributed by atoms with E-state index in [9.17, 15) is 8.42 Å². The third-order valence-corrected chi connectivity index (χ3v) is 4.63. The standard InChI is InChI=1S/C13H14ClN3O2S/c1-8-4-3-5-9(2)11(8)12-15-16-13(20(14,18)19)17(12)10-6-7-10/h3-5,10H,6-7H2,1-2H3. The second-order valence-corrected chi connectivity index (χ2v) is 7.57. The Morgan fingerprint density at radius 1 is 1.20 bits per heavy atom. The molecule has 1 aromatic carbocycles. The van der Waals surface area contributed by atoms with Crippen LogP contribution in [0.5, 0.6) is 0 Å². The molecule has 7 heteroatoms. The van der Waals surface area contributed by atoms with E-state index in [-0.39, 0.29) is 11.2 Å². The maximum absolute atomic E-state index is 11.6. The Morgan fingerprint density at radius 3 is 2.30 bits per heavy atom. The van der Waals surface area contributed by atoms with E-state index in [1.54, 1.807) is 4.57 Å². The monoisotopic (exact) mass is 311 g/mol. The first kappa shape index (κ1) is 13.6. The van der Waals surface area contributed by atoms with Gasteiger partial charge in [0.2, 0.25) is 0 Å². The molecule has 0 atom stereocenters. The molecule has 0 N–H and O–H groups in total. The van der Waals surface area contributed by atoms with E-state index in [0.717, 1.165) is 29.5 Å². The summed E-state index contributed by atoms with van der Waals surface area (Å²) in [5.74, 6) is 0.585. The van der Waals surface area contributed by atoms with Gasteiger partial charge in [-0.25, -0.2) is 8.42 Å². The third-order valence-electron chi connectivity index (χ3n) is 3.50. The van der Waals surface area contributed by atoms with Gasteiger partial charge in [-0.15, -0.1) is 10.2 Å². The normalized spacial score (nSPS) is 15.6. The van der Waals surface area contributed by atoms with E-state index in [4.69, 9.17) is 10.7 Å². The van der Waals surface area contributed by atoms with Crippen LogP contribution in [0.15, 0.2) is 23.4 Å². The van der Waals surface area contributed by atoms with Gasteiger partial charge in [0.25, 0.3) is 14.2 Å². The van der Waals surface area contributed by atoms with Gasteiger partial charge in [-0.3, -0.25) is 4.57 Å². The number of rotatable bonds is 3. The van der Waals surface area contributed by atoms with E-state index in [1.165, 1.54) is 0 Å². The zero-order valence-corrected chi connectivity index (χ0v) is 12.7. The smallest absolute Gasteiger partial charge is 0.294 e. The van der Waals surface area contributed by atoms with Crippen molar-refractivity contribution in [2.24, 2.45) is 0 Å². The molecule has 20 heavy (non-hydrogen) atoms. The predicted octanol–water partition coefficient (Wildman–Crippen LogP) is 2.82. The number of hydrogen-bond donors (Lipinski definition) is 0. The molecular formula is C13H14ClN3O2S. The molecule has 1 aliphatic carbocycles. The molecule has 0 spiro atoms. The molecule has 3 rings (SSSR count). The first-order chi connectivity index (χ1) is 9.39. The average Bonchev–Trinajstić information content (AvgIpc) is 3.08. The molecule has 1 heterocycles. The van der Waals surface area contributed by atoms with Crippen molar-refractivity contribution < 1.29 is 8.42 Å². The van der Waals surface area contributed by atoms with Crippen molar-refractivity contribution in [2.45, 2.75) is 37.9 Å². The fourth-order valence-electron chi connectivity index (χ4n) is 2.44. The van der Waals surface area contributed by atoms with E-state index in [1.807, 2.05) is 32.0 Å². The molecule has 0 amide bonds. The van der Waals surface area contributed by atoms with Gasteiger partial charge >= 0.3 is 0 Å². The number of hydrogen-bond acceptors (Lipinski definition) is 4. The second kappa shape index (κ2) is 4.56. The molecule has 1 aliphatic rings. The van der Waals surface area contributed by atoms with E-state index < -0.39 is 9.05 Å². The van der Waals surface area contributed by atoms with Crippen LogP contribution < -0.4 is 0 Å². The summed E-state index contributed by atoms with van der Waals surface area (Å²) in [5.41, 5.74) is 3.01. The Morgan fingerprint density at radius 2 is 1.80 bits per heavy atom. The quantitative estimate of drug-likeness (QED) is 0.818. The fourth-order valence-corrected chi connectivity index (χ4v) is 3.37. The van der Waals surface area contributed by atoms with Crippen LogP contribution in [-0.2, 0) is 9.05 Å². The van der Waals surface area contributed by atoms with Crippen LogP contribution in [-0.4, -0.2) is 23.2 Å². The number of halogens is 1. The van der Waals surface area contributed by atoms with Gasteiger partial charge in [-0.05, 0) is 37.8 Å². The zero-order valence-electron chi connectivity index (χ0n) is 11.2. The highest BCUT2D eigenvalue weighted by atomic mass is 35.7. The van der Waals surface area contributed by atoms with Gasteiger partial charge in [0.1, 0.15) is 0 Å². The van der Waals surface area contributed by atoms with Crippen molar-refractivity contribution >= 4 is 19.7 Å². The highest BCUT2D eigenvalue weighted by Gasteiger charge is 2.34. The Labute approximate surface area is 122 Å². The molecule has 0 aliphatic heterocycles. The lowest BCUT2D eigenvalue weighted by molar-refractivity contribution is 0.579. The van der Waals surface area contributed by atoms with Gasteiger partial charge in [0.15, 0.2) is 5.82 Å². The number of aromatic nitrogens is 3. The zero-order chi connectivity index (χ0) is 14.5. The largest absolute Gasteiger partial charge is 0.296 e. The van der Waals surface area contributed by atoms with Gasteiger partial charge in [0, 0.05) is 22.3 Å². The Kier molecular flexibility index (Phi) is 3.10. The summed E-state index contributed by atoms with van der Waals surface area (Å²) in [6.45, 7) is 3.95.